The van der Waals surface area contributed by atoms with Crippen molar-refractivity contribution in [3.8, 4) is 0 Å². The average Bonchev–Trinajstić information content (AvgIpc) is 3.24. The predicted octanol–water partition coefficient (Wildman–Crippen LogP) is 1.74. The van der Waals surface area contributed by atoms with Crippen LogP contribution >= 0.6 is 11.3 Å². The molecule has 7 nitrogen and oxygen atoms in total. The van der Waals surface area contributed by atoms with Crippen molar-refractivity contribution in [3.63, 3.8) is 0 Å². The van der Waals surface area contributed by atoms with Crippen molar-refractivity contribution in [1.29, 1.82) is 0 Å². The van der Waals surface area contributed by atoms with Crippen molar-refractivity contribution < 1.29 is 19.1 Å². The average molecular weight is 442 g/mol. The summed E-state index contributed by atoms with van der Waals surface area (Å²) in [5, 5.41) is 8.20. The van der Waals surface area contributed by atoms with Gasteiger partial charge in [0.15, 0.2) is 0 Å². The molecular weight excluding hydrogens is 414 g/mol. The van der Waals surface area contributed by atoms with Gasteiger partial charge in [0, 0.05) is 17.0 Å². The highest BCUT2D eigenvalue weighted by molar-refractivity contribution is 7.09. The first-order valence-electron chi connectivity index (χ1n) is 11.4. The number of hydrogen-bond donors (Lipinski definition) is 2. The molecule has 0 radical (unpaired) electrons. The molecule has 6 rings (SSSR count). The van der Waals surface area contributed by atoms with Gasteiger partial charge in [-0.05, 0) is 37.1 Å². The molecule has 1 aromatic rings. The van der Waals surface area contributed by atoms with E-state index in [1.165, 1.54) is 0 Å². The van der Waals surface area contributed by atoms with E-state index in [4.69, 9.17) is 4.74 Å². The van der Waals surface area contributed by atoms with E-state index in [-0.39, 0.29) is 29.8 Å². The Morgan fingerprint density at radius 3 is 2.58 bits per heavy atom. The van der Waals surface area contributed by atoms with E-state index in [2.05, 4.69) is 10.6 Å². The molecule has 2 bridgehead atoms. The molecule has 4 fully saturated rings. The minimum atomic E-state index is -1.06. The summed E-state index contributed by atoms with van der Waals surface area (Å²) < 4.78 is 6.35. The zero-order valence-electron chi connectivity index (χ0n) is 17.3. The lowest BCUT2D eigenvalue weighted by Crippen LogP contribution is -2.55. The van der Waals surface area contributed by atoms with Crippen LogP contribution in [-0.4, -0.2) is 52.5 Å². The number of amides is 3. The third kappa shape index (κ3) is 3.06. The van der Waals surface area contributed by atoms with E-state index in [0.717, 1.165) is 43.4 Å². The number of rotatable bonds is 6. The minimum absolute atomic E-state index is 0.120. The van der Waals surface area contributed by atoms with Crippen LogP contribution in [-0.2, 0) is 25.7 Å². The molecule has 5 aliphatic rings. The number of hydrogen-bond acceptors (Lipinski definition) is 5. The predicted molar refractivity (Wildman–Crippen MR) is 114 cm³/mol. The van der Waals surface area contributed by atoms with Crippen LogP contribution in [0.25, 0.3) is 0 Å². The largest absolute Gasteiger partial charge is 0.359 e. The lowest BCUT2D eigenvalue weighted by Gasteiger charge is -2.32. The van der Waals surface area contributed by atoms with Crippen LogP contribution in [0.3, 0.4) is 0 Å². The second-order valence-corrected chi connectivity index (χ2v) is 10.6. The number of carbonyl (C=O) groups is 3. The summed E-state index contributed by atoms with van der Waals surface area (Å²) in [6, 6.07) is 3.53. The standard InChI is InChI=1S/C23H27N3O4S/c27-20(24-14-7-8-14)17-16-9-10-23(30-16)18(17)22(29)26(12-15-6-3-11-31-15)19(23)21(28)25-13-4-1-2-5-13/h3,6,9-11,13-14,16-19H,1-2,4-5,7-8,12H2,(H,24,27)(H,25,28)/t16-,17-,18-,19+,23-/m1/s1. The molecule has 1 spiro atoms. The van der Waals surface area contributed by atoms with Crippen molar-refractivity contribution in [2.24, 2.45) is 11.8 Å². The summed E-state index contributed by atoms with van der Waals surface area (Å²) >= 11 is 1.56. The van der Waals surface area contributed by atoms with Crippen LogP contribution in [0.1, 0.15) is 43.4 Å². The number of nitrogens with one attached hydrogen (secondary N) is 2. The van der Waals surface area contributed by atoms with Gasteiger partial charge in [-0.15, -0.1) is 11.3 Å². The summed E-state index contributed by atoms with van der Waals surface area (Å²) in [6.45, 7) is 0.357. The van der Waals surface area contributed by atoms with Crippen LogP contribution in [0.15, 0.2) is 29.7 Å². The lowest BCUT2D eigenvalue weighted by atomic mass is 9.74. The van der Waals surface area contributed by atoms with Gasteiger partial charge in [-0.2, -0.15) is 0 Å². The fourth-order valence-electron chi connectivity index (χ4n) is 5.88. The van der Waals surface area contributed by atoms with Crippen molar-refractivity contribution in [1.82, 2.24) is 15.5 Å². The van der Waals surface area contributed by atoms with E-state index < -0.39 is 29.6 Å². The molecule has 164 valence electrons. The van der Waals surface area contributed by atoms with Crippen molar-refractivity contribution >= 4 is 29.1 Å². The number of fused-ring (bicyclic) bond motifs is 1. The van der Waals surface area contributed by atoms with E-state index in [9.17, 15) is 14.4 Å². The zero-order chi connectivity index (χ0) is 21.2. The maximum atomic E-state index is 13.7. The molecule has 2 aliphatic carbocycles. The Morgan fingerprint density at radius 2 is 1.87 bits per heavy atom. The van der Waals surface area contributed by atoms with Crippen LogP contribution in [0.2, 0.25) is 0 Å². The van der Waals surface area contributed by atoms with E-state index in [1.807, 2.05) is 29.7 Å². The SMILES string of the molecule is O=C(NC1CC1)[C@@H]1[C@H]2C=C[C@]3(O2)[C@H](C(=O)NC2CCCC2)N(Cc2cccs2)C(=O)[C@@H]13. The Bertz CT molecular complexity index is 937. The monoisotopic (exact) mass is 441 g/mol. The van der Waals surface area contributed by atoms with Gasteiger partial charge in [0.05, 0.1) is 24.5 Å². The molecule has 4 heterocycles. The van der Waals surface area contributed by atoms with E-state index in [1.54, 1.807) is 16.2 Å². The molecule has 3 aliphatic heterocycles. The van der Waals surface area contributed by atoms with Gasteiger partial charge in [-0.1, -0.05) is 31.1 Å². The fourth-order valence-corrected chi connectivity index (χ4v) is 6.59. The molecule has 3 amide bonds. The molecule has 1 aromatic heterocycles. The highest BCUT2D eigenvalue weighted by Crippen LogP contribution is 2.55. The van der Waals surface area contributed by atoms with Crippen LogP contribution < -0.4 is 10.6 Å². The first-order chi connectivity index (χ1) is 15.1. The molecule has 5 atom stereocenters. The highest BCUT2D eigenvalue weighted by atomic mass is 32.1. The van der Waals surface area contributed by atoms with Gasteiger partial charge in [-0.3, -0.25) is 14.4 Å². The number of carbonyl (C=O) groups excluding carboxylic acids is 3. The normalized spacial score (nSPS) is 36.3. The third-order valence-corrected chi connectivity index (χ3v) is 8.32. The summed E-state index contributed by atoms with van der Waals surface area (Å²) in [6.07, 6.45) is 9.46. The molecule has 0 aromatic carbocycles. The summed E-state index contributed by atoms with van der Waals surface area (Å²) in [7, 11) is 0. The van der Waals surface area contributed by atoms with Gasteiger partial charge < -0.3 is 20.3 Å². The Balaban J connectivity index is 1.34. The highest BCUT2D eigenvalue weighted by Gasteiger charge is 2.72. The first kappa shape index (κ1) is 19.5. The number of nitrogens with zero attached hydrogens (tertiary/aromatic N) is 1. The van der Waals surface area contributed by atoms with Crippen LogP contribution in [0, 0.1) is 11.8 Å². The fraction of sp³-hybridized carbons (Fsp3) is 0.609. The topological polar surface area (TPSA) is 87.7 Å². The second kappa shape index (κ2) is 7.17. The van der Waals surface area contributed by atoms with Gasteiger partial charge in [-0.25, -0.2) is 0 Å². The molecular formula is C23H27N3O4S. The summed E-state index contributed by atoms with van der Waals surface area (Å²) in [5.41, 5.74) is -1.06. The van der Waals surface area contributed by atoms with Gasteiger partial charge >= 0.3 is 0 Å². The first-order valence-corrected chi connectivity index (χ1v) is 12.3. The van der Waals surface area contributed by atoms with Crippen molar-refractivity contribution in [2.75, 3.05) is 0 Å². The third-order valence-electron chi connectivity index (χ3n) is 7.46. The molecule has 2 N–H and O–H groups in total. The second-order valence-electron chi connectivity index (χ2n) is 9.52. The molecule has 2 saturated heterocycles. The quantitative estimate of drug-likeness (QED) is 0.659. The van der Waals surface area contributed by atoms with Gasteiger partial charge in [0.25, 0.3) is 0 Å². The Morgan fingerprint density at radius 1 is 1.13 bits per heavy atom. The Labute approximate surface area is 185 Å². The smallest absolute Gasteiger partial charge is 0.246 e. The van der Waals surface area contributed by atoms with E-state index >= 15 is 0 Å². The Kier molecular flexibility index (Phi) is 4.51. The van der Waals surface area contributed by atoms with Crippen molar-refractivity contribution in [3.05, 3.63) is 34.5 Å². The van der Waals surface area contributed by atoms with Gasteiger partial charge in [0.2, 0.25) is 17.7 Å². The summed E-state index contributed by atoms with van der Waals surface area (Å²) in [5.74, 6) is -1.66. The van der Waals surface area contributed by atoms with Crippen LogP contribution in [0.4, 0.5) is 0 Å². The van der Waals surface area contributed by atoms with E-state index in [0.29, 0.717) is 6.54 Å². The molecule has 8 heteroatoms. The lowest BCUT2D eigenvalue weighted by molar-refractivity contribution is -0.142. The minimum Gasteiger partial charge on any atom is -0.359 e. The number of thiophene rings is 1. The maximum Gasteiger partial charge on any atom is 0.246 e. The zero-order valence-corrected chi connectivity index (χ0v) is 18.1. The molecule has 0 unspecified atom stereocenters. The Hall–Kier alpha value is -2.19. The summed E-state index contributed by atoms with van der Waals surface area (Å²) in [4.78, 5) is 43.0. The maximum absolute atomic E-state index is 13.7. The molecule has 31 heavy (non-hydrogen) atoms. The van der Waals surface area contributed by atoms with Crippen LogP contribution in [0.5, 0.6) is 0 Å². The number of ether oxygens (including phenoxy) is 1. The number of likely N-dealkylation sites (tertiary alicyclic amines) is 1. The van der Waals surface area contributed by atoms with Gasteiger partial charge in [0.1, 0.15) is 11.6 Å². The molecule has 2 saturated carbocycles. The van der Waals surface area contributed by atoms with Crippen molar-refractivity contribution in [2.45, 2.75) is 74.9 Å².